The van der Waals surface area contributed by atoms with Gasteiger partial charge in [0, 0.05) is 11.1 Å². The van der Waals surface area contributed by atoms with Crippen LogP contribution in [-0.4, -0.2) is 23.4 Å². The SMILES string of the molecule is CCOc1ccc(C(=O)C[C@]2(O)C(=O)N(Cc3ccccc3)c3ccccc32)cc1. The minimum Gasteiger partial charge on any atom is -0.494 e. The van der Waals surface area contributed by atoms with Gasteiger partial charge < -0.3 is 14.7 Å². The standard InChI is InChI=1S/C25H23NO4/c1-2-30-20-14-12-19(13-15-20)23(27)16-25(29)21-10-6-7-11-22(21)26(24(25)28)17-18-8-4-3-5-9-18/h3-15,29H,2,16-17H2,1H3/t25-/m1/s1. The molecule has 152 valence electrons. The van der Waals surface area contributed by atoms with Crippen molar-refractivity contribution in [3.05, 3.63) is 95.6 Å². The van der Waals surface area contributed by atoms with Crippen LogP contribution in [0.3, 0.4) is 0 Å². The van der Waals surface area contributed by atoms with Crippen molar-refractivity contribution in [2.24, 2.45) is 0 Å². The highest BCUT2D eigenvalue weighted by Crippen LogP contribution is 2.43. The van der Waals surface area contributed by atoms with Crippen molar-refractivity contribution in [2.45, 2.75) is 25.5 Å². The molecule has 0 spiro atoms. The number of aliphatic hydroxyl groups is 1. The Morgan fingerprint density at radius 1 is 0.967 bits per heavy atom. The average Bonchev–Trinajstić information content (AvgIpc) is 2.97. The summed E-state index contributed by atoms with van der Waals surface area (Å²) in [4.78, 5) is 27.8. The Balaban J connectivity index is 1.62. The molecule has 0 bridgehead atoms. The van der Waals surface area contributed by atoms with Gasteiger partial charge in [0.1, 0.15) is 5.75 Å². The normalized spacial score (nSPS) is 17.7. The summed E-state index contributed by atoms with van der Waals surface area (Å²) < 4.78 is 5.41. The van der Waals surface area contributed by atoms with E-state index in [0.29, 0.717) is 35.7 Å². The zero-order chi connectivity index (χ0) is 21.1. The van der Waals surface area contributed by atoms with Crippen LogP contribution in [0.5, 0.6) is 5.75 Å². The van der Waals surface area contributed by atoms with E-state index >= 15 is 0 Å². The molecule has 1 amide bonds. The first-order valence-electron chi connectivity index (χ1n) is 9.97. The van der Waals surface area contributed by atoms with E-state index in [-0.39, 0.29) is 12.2 Å². The third-order valence-electron chi connectivity index (χ3n) is 5.33. The molecular weight excluding hydrogens is 378 g/mol. The van der Waals surface area contributed by atoms with Crippen molar-refractivity contribution in [3.63, 3.8) is 0 Å². The van der Waals surface area contributed by atoms with Crippen LogP contribution in [0.4, 0.5) is 5.69 Å². The maximum Gasteiger partial charge on any atom is 0.264 e. The molecule has 0 saturated heterocycles. The molecule has 0 aromatic heterocycles. The fourth-order valence-electron chi connectivity index (χ4n) is 3.84. The molecular formula is C25H23NO4. The van der Waals surface area contributed by atoms with E-state index in [0.717, 1.165) is 5.56 Å². The van der Waals surface area contributed by atoms with Crippen LogP contribution in [-0.2, 0) is 16.9 Å². The summed E-state index contributed by atoms with van der Waals surface area (Å²) in [6, 6.07) is 23.4. The lowest BCUT2D eigenvalue weighted by Gasteiger charge is -2.23. The molecule has 0 aliphatic carbocycles. The smallest absolute Gasteiger partial charge is 0.264 e. The van der Waals surface area contributed by atoms with E-state index in [1.54, 1.807) is 47.4 Å². The predicted molar refractivity (Wildman–Crippen MR) is 115 cm³/mol. The number of rotatable bonds is 7. The number of amides is 1. The molecule has 1 aliphatic heterocycles. The Morgan fingerprint density at radius 3 is 2.33 bits per heavy atom. The molecule has 3 aromatic carbocycles. The van der Waals surface area contributed by atoms with E-state index in [2.05, 4.69) is 0 Å². The third kappa shape index (κ3) is 3.60. The second-order valence-corrected chi connectivity index (χ2v) is 7.31. The van der Waals surface area contributed by atoms with E-state index in [1.807, 2.05) is 43.3 Å². The third-order valence-corrected chi connectivity index (χ3v) is 5.33. The highest BCUT2D eigenvalue weighted by atomic mass is 16.5. The Bertz CT molecular complexity index is 1060. The van der Waals surface area contributed by atoms with Gasteiger partial charge in [0.2, 0.25) is 0 Å². The summed E-state index contributed by atoms with van der Waals surface area (Å²) in [6.07, 6.45) is -0.317. The van der Waals surface area contributed by atoms with Gasteiger partial charge in [-0.3, -0.25) is 9.59 Å². The molecule has 0 radical (unpaired) electrons. The number of carbonyl (C=O) groups is 2. The Kier molecular flexibility index (Phi) is 5.38. The number of hydrogen-bond donors (Lipinski definition) is 1. The summed E-state index contributed by atoms with van der Waals surface area (Å²) in [5.74, 6) is -0.110. The molecule has 3 aromatic rings. The predicted octanol–water partition coefficient (Wildman–Crippen LogP) is 4.09. The highest BCUT2D eigenvalue weighted by molar-refractivity contribution is 6.10. The molecule has 4 rings (SSSR count). The zero-order valence-electron chi connectivity index (χ0n) is 16.7. The van der Waals surface area contributed by atoms with Gasteiger partial charge in [-0.1, -0.05) is 48.5 Å². The maximum atomic E-state index is 13.3. The molecule has 5 nitrogen and oxygen atoms in total. The first-order valence-corrected chi connectivity index (χ1v) is 9.97. The molecule has 0 fully saturated rings. The largest absolute Gasteiger partial charge is 0.494 e. The number of fused-ring (bicyclic) bond motifs is 1. The lowest BCUT2D eigenvalue weighted by atomic mass is 9.88. The van der Waals surface area contributed by atoms with E-state index in [4.69, 9.17) is 4.74 Å². The van der Waals surface area contributed by atoms with Gasteiger partial charge >= 0.3 is 0 Å². The number of benzene rings is 3. The van der Waals surface area contributed by atoms with Gasteiger partial charge in [0.05, 0.1) is 25.3 Å². The van der Waals surface area contributed by atoms with Gasteiger partial charge in [-0.05, 0) is 42.8 Å². The summed E-state index contributed by atoms with van der Waals surface area (Å²) in [6.45, 7) is 2.75. The van der Waals surface area contributed by atoms with Crippen LogP contribution < -0.4 is 9.64 Å². The Morgan fingerprint density at radius 2 is 1.63 bits per heavy atom. The number of anilines is 1. The summed E-state index contributed by atoms with van der Waals surface area (Å²) in [5.41, 5.74) is 0.584. The molecule has 0 saturated carbocycles. The van der Waals surface area contributed by atoms with Crippen molar-refractivity contribution < 1.29 is 19.4 Å². The first kappa shape index (κ1) is 19.9. The zero-order valence-corrected chi connectivity index (χ0v) is 16.7. The van der Waals surface area contributed by atoms with E-state index in [1.165, 1.54) is 0 Å². The van der Waals surface area contributed by atoms with Crippen molar-refractivity contribution in [3.8, 4) is 5.75 Å². The molecule has 5 heteroatoms. The van der Waals surface area contributed by atoms with Crippen molar-refractivity contribution in [1.29, 1.82) is 0 Å². The van der Waals surface area contributed by atoms with Crippen LogP contribution in [0.15, 0.2) is 78.9 Å². The number of carbonyl (C=O) groups excluding carboxylic acids is 2. The molecule has 1 atom stereocenters. The van der Waals surface area contributed by atoms with Crippen LogP contribution in [0.2, 0.25) is 0 Å². The number of Topliss-reactive ketones (excluding diaryl/α,β-unsaturated/α-hetero) is 1. The van der Waals surface area contributed by atoms with Crippen molar-refractivity contribution in [2.75, 3.05) is 11.5 Å². The van der Waals surface area contributed by atoms with Crippen molar-refractivity contribution >= 4 is 17.4 Å². The summed E-state index contributed by atoms with van der Waals surface area (Å²) >= 11 is 0. The van der Waals surface area contributed by atoms with Gasteiger partial charge in [-0.2, -0.15) is 0 Å². The van der Waals surface area contributed by atoms with E-state index < -0.39 is 11.5 Å². The highest BCUT2D eigenvalue weighted by Gasteiger charge is 2.50. The second-order valence-electron chi connectivity index (χ2n) is 7.31. The molecule has 1 heterocycles. The number of hydrogen-bond acceptors (Lipinski definition) is 4. The number of para-hydroxylation sites is 1. The topological polar surface area (TPSA) is 66.8 Å². The summed E-state index contributed by atoms with van der Waals surface area (Å²) in [5, 5.41) is 11.4. The monoisotopic (exact) mass is 401 g/mol. The average molecular weight is 401 g/mol. The van der Waals surface area contributed by atoms with Crippen LogP contribution >= 0.6 is 0 Å². The van der Waals surface area contributed by atoms with Gasteiger partial charge in [-0.25, -0.2) is 0 Å². The van der Waals surface area contributed by atoms with Crippen LogP contribution in [0.1, 0.15) is 34.8 Å². The number of nitrogens with zero attached hydrogens (tertiary/aromatic N) is 1. The van der Waals surface area contributed by atoms with Crippen LogP contribution in [0, 0.1) is 0 Å². The fourth-order valence-corrected chi connectivity index (χ4v) is 3.84. The second kappa shape index (κ2) is 8.13. The first-order chi connectivity index (χ1) is 14.5. The minimum atomic E-state index is -1.89. The molecule has 1 N–H and O–H groups in total. The molecule has 0 unspecified atom stereocenters. The van der Waals surface area contributed by atoms with Gasteiger partial charge in [-0.15, -0.1) is 0 Å². The van der Waals surface area contributed by atoms with Crippen LogP contribution in [0.25, 0.3) is 0 Å². The summed E-state index contributed by atoms with van der Waals surface area (Å²) in [7, 11) is 0. The quantitative estimate of drug-likeness (QED) is 0.606. The molecule has 1 aliphatic rings. The van der Waals surface area contributed by atoms with Gasteiger partial charge in [0.15, 0.2) is 11.4 Å². The van der Waals surface area contributed by atoms with Crippen molar-refractivity contribution in [1.82, 2.24) is 0 Å². The van der Waals surface area contributed by atoms with E-state index in [9.17, 15) is 14.7 Å². The fraction of sp³-hybridized carbons (Fsp3) is 0.200. The van der Waals surface area contributed by atoms with Gasteiger partial charge in [0.25, 0.3) is 5.91 Å². The number of ketones is 1. The minimum absolute atomic E-state index is 0.301. The number of ether oxygens (including phenoxy) is 1. The lowest BCUT2D eigenvalue weighted by molar-refractivity contribution is -0.136. The Hall–Kier alpha value is -3.44. The Labute approximate surface area is 175 Å². The maximum absolute atomic E-state index is 13.3. The molecule has 30 heavy (non-hydrogen) atoms. The lowest BCUT2D eigenvalue weighted by Crippen LogP contribution is -2.41.